The lowest BCUT2D eigenvalue weighted by atomic mass is 9.98. The van der Waals surface area contributed by atoms with Gasteiger partial charge >= 0.3 is 0 Å². The minimum absolute atomic E-state index is 0.0401. The molecule has 1 amide bonds. The zero-order valence-electron chi connectivity index (χ0n) is 15.2. The van der Waals surface area contributed by atoms with Crippen molar-refractivity contribution in [2.24, 2.45) is 5.92 Å². The monoisotopic (exact) mass is 345 g/mol. The first-order valence-corrected chi connectivity index (χ1v) is 8.61. The minimum Gasteiger partial charge on any atom is -0.497 e. The Morgan fingerprint density at radius 3 is 2.60 bits per heavy atom. The smallest absolute Gasteiger partial charge is 0.230 e. The predicted octanol–water partition coefficient (Wildman–Crippen LogP) is 4.08. The number of methoxy groups -OCH3 is 1. The van der Waals surface area contributed by atoms with Crippen LogP contribution in [0.4, 0.5) is 0 Å². The van der Waals surface area contributed by atoms with E-state index in [9.17, 15) is 4.79 Å². The summed E-state index contributed by atoms with van der Waals surface area (Å²) in [5, 5.41) is 3.14. The molecule has 0 saturated heterocycles. The van der Waals surface area contributed by atoms with E-state index in [1.54, 1.807) is 13.2 Å². The van der Waals surface area contributed by atoms with Crippen LogP contribution in [-0.2, 0) is 14.3 Å². The van der Waals surface area contributed by atoms with E-state index in [1.807, 2.05) is 31.2 Å². The van der Waals surface area contributed by atoms with Crippen LogP contribution in [0.5, 0.6) is 5.75 Å². The van der Waals surface area contributed by atoms with Crippen molar-refractivity contribution in [2.45, 2.75) is 39.2 Å². The number of benzene rings is 1. The molecule has 1 aromatic rings. The van der Waals surface area contributed by atoms with Crippen LogP contribution in [0.15, 0.2) is 48.4 Å². The Morgan fingerprint density at radius 2 is 2.08 bits per heavy atom. The number of hydrogen-bond donors (Lipinski definition) is 1. The summed E-state index contributed by atoms with van der Waals surface area (Å²) in [6.07, 6.45) is 3.96. The molecule has 2 atom stereocenters. The van der Waals surface area contributed by atoms with Crippen LogP contribution >= 0.6 is 0 Å². The minimum atomic E-state index is -0.357. The standard InChI is InChI=1S/C20H27NO4/c1-5-7-18(16-8-10-17(23-4)11-9-16)21-20(22)15(6-2)12-19-14(3)24-13-25-19/h6,8-11,15,18H,2,5,7,12-13H2,1,3-4H3,(H,21,22). The fourth-order valence-electron chi connectivity index (χ4n) is 2.78. The summed E-state index contributed by atoms with van der Waals surface area (Å²) in [7, 11) is 1.64. The van der Waals surface area contributed by atoms with Crippen LogP contribution < -0.4 is 10.1 Å². The van der Waals surface area contributed by atoms with Crippen LogP contribution in [-0.4, -0.2) is 19.8 Å². The second-order valence-corrected chi connectivity index (χ2v) is 6.06. The lowest BCUT2D eigenvalue weighted by Gasteiger charge is -2.22. The van der Waals surface area contributed by atoms with Gasteiger partial charge in [0.25, 0.3) is 0 Å². The molecule has 2 unspecified atom stereocenters. The molecule has 0 aromatic heterocycles. The fraction of sp³-hybridized carbons (Fsp3) is 0.450. The highest BCUT2D eigenvalue weighted by Gasteiger charge is 2.24. The second kappa shape index (κ2) is 9.16. The summed E-state index contributed by atoms with van der Waals surface area (Å²) >= 11 is 0. The van der Waals surface area contributed by atoms with Gasteiger partial charge in [-0.1, -0.05) is 31.6 Å². The molecule has 1 aliphatic rings. The molecular formula is C20H27NO4. The van der Waals surface area contributed by atoms with Gasteiger partial charge in [0.05, 0.1) is 19.1 Å². The molecule has 2 rings (SSSR count). The van der Waals surface area contributed by atoms with E-state index in [1.165, 1.54) is 0 Å². The zero-order valence-corrected chi connectivity index (χ0v) is 15.2. The summed E-state index contributed by atoms with van der Waals surface area (Å²) in [4.78, 5) is 12.7. The predicted molar refractivity (Wildman–Crippen MR) is 96.8 cm³/mol. The van der Waals surface area contributed by atoms with Crippen molar-refractivity contribution in [3.63, 3.8) is 0 Å². The van der Waals surface area contributed by atoms with E-state index in [2.05, 4.69) is 18.8 Å². The average Bonchev–Trinajstić information content (AvgIpc) is 3.04. The third kappa shape index (κ3) is 5.02. The molecule has 0 fully saturated rings. The largest absolute Gasteiger partial charge is 0.497 e. The van der Waals surface area contributed by atoms with E-state index < -0.39 is 0 Å². The quantitative estimate of drug-likeness (QED) is 0.685. The Balaban J connectivity index is 2.06. The van der Waals surface area contributed by atoms with Crippen LogP contribution in [0.25, 0.3) is 0 Å². The Hall–Kier alpha value is -2.43. The van der Waals surface area contributed by atoms with E-state index in [0.717, 1.165) is 35.7 Å². The van der Waals surface area contributed by atoms with E-state index in [-0.39, 0.29) is 24.7 Å². The van der Waals surface area contributed by atoms with Crippen molar-refractivity contribution in [2.75, 3.05) is 13.9 Å². The molecule has 5 heteroatoms. The maximum Gasteiger partial charge on any atom is 0.230 e. The number of carbonyl (C=O) groups excluding carboxylic acids is 1. The third-order valence-electron chi connectivity index (χ3n) is 4.34. The van der Waals surface area contributed by atoms with Gasteiger partial charge < -0.3 is 19.5 Å². The van der Waals surface area contributed by atoms with Crippen molar-refractivity contribution in [3.8, 4) is 5.75 Å². The summed E-state index contributed by atoms with van der Waals surface area (Å²) < 4.78 is 15.9. The van der Waals surface area contributed by atoms with Crippen LogP contribution in [0.3, 0.4) is 0 Å². The highest BCUT2D eigenvalue weighted by molar-refractivity contribution is 5.81. The van der Waals surface area contributed by atoms with Crippen LogP contribution in [0.2, 0.25) is 0 Å². The summed E-state index contributed by atoms with van der Waals surface area (Å²) in [6, 6.07) is 7.76. The molecule has 25 heavy (non-hydrogen) atoms. The second-order valence-electron chi connectivity index (χ2n) is 6.06. The summed E-state index contributed by atoms with van der Waals surface area (Å²) in [6.45, 7) is 7.97. The van der Waals surface area contributed by atoms with Gasteiger partial charge in [-0.15, -0.1) is 6.58 Å². The number of allylic oxidation sites excluding steroid dienone is 2. The van der Waals surface area contributed by atoms with Gasteiger partial charge in [-0.2, -0.15) is 0 Å². The molecule has 136 valence electrons. The SMILES string of the molecule is C=CC(CC1=C(C)OCO1)C(=O)NC(CCC)c1ccc(OC)cc1. The fourth-order valence-corrected chi connectivity index (χ4v) is 2.78. The first kappa shape index (κ1) is 18.9. The van der Waals surface area contributed by atoms with Gasteiger partial charge in [0.2, 0.25) is 12.7 Å². The molecule has 0 radical (unpaired) electrons. The van der Waals surface area contributed by atoms with Gasteiger partial charge in [0.1, 0.15) is 17.3 Å². The highest BCUT2D eigenvalue weighted by Crippen LogP contribution is 2.26. The Kier molecular flexibility index (Phi) is 6.92. The number of ether oxygens (including phenoxy) is 3. The molecule has 1 N–H and O–H groups in total. The van der Waals surface area contributed by atoms with E-state index in [4.69, 9.17) is 14.2 Å². The molecule has 1 heterocycles. The number of amides is 1. The van der Waals surface area contributed by atoms with E-state index >= 15 is 0 Å². The number of rotatable bonds is 9. The molecule has 1 aromatic carbocycles. The maximum atomic E-state index is 12.7. The first-order chi connectivity index (χ1) is 12.1. The number of nitrogens with one attached hydrogen (secondary N) is 1. The Bertz CT molecular complexity index is 621. The summed E-state index contributed by atoms with van der Waals surface area (Å²) in [5.74, 6) is 1.84. The van der Waals surface area contributed by atoms with Gasteiger partial charge in [0.15, 0.2) is 0 Å². The molecule has 5 nitrogen and oxygen atoms in total. The van der Waals surface area contributed by atoms with Crippen molar-refractivity contribution in [3.05, 3.63) is 54.0 Å². The normalized spacial score (nSPS) is 15.8. The van der Waals surface area contributed by atoms with Gasteiger partial charge in [0, 0.05) is 6.42 Å². The van der Waals surface area contributed by atoms with Crippen molar-refractivity contribution < 1.29 is 19.0 Å². The van der Waals surface area contributed by atoms with Crippen LogP contribution in [0, 0.1) is 5.92 Å². The van der Waals surface area contributed by atoms with E-state index in [0.29, 0.717) is 6.42 Å². The van der Waals surface area contributed by atoms with Crippen molar-refractivity contribution in [1.82, 2.24) is 5.32 Å². The highest BCUT2D eigenvalue weighted by atomic mass is 16.7. The number of carbonyl (C=O) groups is 1. The van der Waals surface area contributed by atoms with Gasteiger partial charge in [-0.05, 0) is 31.0 Å². The summed E-state index contributed by atoms with van der Waals surface area (Å²) in [5.41, 5.74) is 1.06. The molecule has 0 saturated carbocycles. The molecule has 0 spiro atoms. The number of hydrogen-bond acceptors (Lipinski definition) is 4. The molecule has 0 aliphatic carbocycles. The van der Waals surface area contributed by atoms with Crippen molar-refractivity contribution >= 4 is 5.91 Å². The molecule has 1 aliphatic heterocycles. The Labute approximate surface area is 149 Å². The average molecular weight is 345 g/mol. The lowest BCUT2D eigenvalue weighted by Crippen LogP contribution is -2.33. The van der Waals surface area contributed by atoms with Gasteiger partial charge in [-0.3, -0.25) is 4.79 Å². The third-order valence-corrected chi connectivity index (χ3v) is 4.34. The zero-order chi connectivity index (χ0) is 18.2. The lowest BCUT2D eigenvalue weighted by molar-refractivity contribution is -0.124. The Morgan fingerprint density at radius 1 is 1.36 bits per heavy atom. The molecular weight excluding hydrogens is 318 g/mol. The first-order valence-electron chi connectivity index (χ1n) is 8.61. The molecule has 0 bridgehead atoms. The van der Waals surface area contributed by atoms with Gasteiger partial charge in [-0.25, -0.2) is 0 Å². The maximum absolute atomic E-state index is 12.7. The topological polar surface area (TPSA) is 56.8 Å². The van der Waals surface area contributed by atoms with Crippen LogP contribution in [0.1, 0.15) is 44.7 Å². The van der Waals surface area contributed by atoms with Crippen molar-refractivity contribution in [1.29, 1.82) is 0 Å².